The average Bonchev–Trinajstić information content (AvgIpc) is 2.84. The molecule has 2 aromatic heterocycles. The van der Waals surface area contributed by atoms with Crippen molar-refractivity contribution < 1.29 is 9.47 Å². The second-order valence-electron chi connectivity index (χ2n) is 8.29. The van der Waals surface area contributed by atoms with Crippen LogP contribution in [0.2, 0.25) is 0 Å². The van der Waals surface area contributed by atoms with Crippen LogP contribution in [0.4, 0.5) is 0 Å². The van der Waals surface area contributed by atoms with Crippen LogP contribution in [0.1, 0.15) is 46.2 Å². The summed E-state index contributed by atoms with van der Waals surface area (Å²) in [7, 11) is 3.08. The quantitative estimate of drug-likeness (QED) is 0.461. The highest BCUT2D eigenvalue weighted by Gasteiger charge is 2.54. The molecule has 0 bridgehead atoms. The summed E-state index contributed by atoms with van der Waals surface area (Å²) in [5.74, 6) is 0.0509. The molecule has 1 fully saturated rings. The summed E-state index contributed by atoms with van der Waals surface area (Å²) < 4.78 is 10.8. The minimum atomic E-state index is -0.519. The van der Waals surface area contributed by atoms with Gasteiger partial charge in [0.15, 0.2) is 0 Å². The van der Waals surface area contributed by atoms with Crippen molar-refractivity contribution in [2.24, 2.45) is 0 Å². The van der Waals surface area contributed by atoms with Gasteiger partial charge in [0, 0.05) is 41.5 Å². The SMILES string of the molecule is COc1cc(C2C(c3ccccc3)C(c3cc(=O)[nH]c(=O)[nH]3)C2c2ccccc2)nc(OC)n1. The lowest BCUT2D eigenvalue weighted by Crippen LogP contribution is -2.42. The number of H-pyrrole nitrogens is 2. The molecule has 34 heavy (non-hydrogen) atoms. The van der Waals surface area contributed by atoms with Gasteiger partial charge in [0.2, 0.25) is 5.88 Å². The largest absolute Gasteiger partial charge is 0.481 e. The molecule has 2 heterocycles. The molecule has 8 heteroatoms. The van der Waals surface area contributed by atoms with Crippen LogP contribution in [0.15, 0.2) is 82.4 Å². The van der Waals surface area contributed by atoms with E-state index < -0.39 is 11.2 Å². The maximum absolute atomic E-state index is 12.2. The van der Waals surface area contributed by atoms with Gasteiger partial charge in [-0.1, -0.05) is 60.7 Å². The Bertz CT molecular complexity index is 1300. The number of aromatic amines is 2. The number of hydrogen-bond acceptors (Lipinski definition) is 6. The third-order valence-electron chi connectivity index (χ3n) is 6.49. The lowest BCUT2D eigenvalue weighted by Gasteiger charge is -2.52. The van der Waals surface area contributed by atoms with Crippen molar-refractivity contribution in [2.45, 2.75) is 23.7 Å². The van der Waals surface area contributed by atoms with Crippen molar-refractivity contribution in [1.29, 1.82) is 0 Å². The summed E-state index contributed by atoms with van der Waals surface area (Å²) in [5, 5.41) is 0. The monoisotopic (exact) mass is 456 g/mol. The lowest BCUT2D eigenvalue weighted by atomic mass is 9.50. The van der Waals surface area contributed by atoms with Gasteiger partial charge < -0.3 is 14.5 Å². The molecule has 0 amide bonds. The van der Waals surface area contributed by atoms with Crippen LogP contribution in [0.3, 0.4) is 0 Å². The van der Waals surface area contributed by atoms with E-state index in [1.165, 1.54) is 13.2 Å². The number of hydrogen-bond donors (Lipinski definition) is 2. The second kappa shape index (κ2) is 8.97. The smallest absolute Gasteiger partial charge is 0.325 e. The van der Waals surface area contributed by atoms with Crippen LogP contribution >= 0.6 is 0 Å². The first-order valence-corrected chi connectivity index (χ1v) is 11.0. The normalized spacial score (nSPS) is 21.5. The highest BCUT2D eigenvalue weighted by atomic mass is 16.5. The van der Waals surface area contributed by atoms with Crippen molar-refractivity contribution >= 4 is 0 Å². The minimum Gasteiger partial charge on any atom is -0.481 e. The van der Waals surface area contributed by atoms with Gasteiger partial charge >= 0.3 is 11.7 Å². The Balaban J connectivity index is 1.74. The van der Waals surface area contributed by atoms with E-state index in [9.17, 15) is 9.59 Å². The zero-order valence-corrected chi connectivity index (χ0v) is 18.8. The standard InChI is InChI=1S/C26H24N4O4/c1-33-20-14-18(28-26(30-20)34-2)24-21(15-9-5-3-6-10-15)23(17-13-19(31)29-25(32)27-17)22(24)16-11-7-4-8-12-16/h3-14,21-24H,1-2H3,(H2,27,29,31,32). The number of benzene rings is 2. The molecule has 0 spiro atoms. The number of aromatic nitrogens is 4. The Labute approximate surface area is 195 Å². The molecule has 4 aromatic rings. The van der Waals surface area contributed by atoms with Crippen LogP contribution < -0.4 is 20.7 Å². The lowest BCUT2D eigenvalue weighted by molar-refractivity contribution is 0.216. The molecule has 8 nitrogen and oxygen atoms in total. The zero-order valence-electron chi connectivity index (χ0n) is 18.8. The molecule has 0 radical (unpaired) electrons. The predicted octanol–water partition coefficient (Wildman–Crippen LogP) is 3.32. The summed E-state index contributed by atoms with van der Waals surface area (Å²) in [6, 6.07) is 23.7. The topological polar surface area (TPSA) is 110 Å². The number of ether oxygens (including phenoxy) is 2. The number of methoxy groups -OCH3 is 2. The molecule has 5 rings (SSSR count). The molecule has 2 atom stereocenters. The first-order chi connectivity index (χ1) is 16.6. The first-order valence-electron chi connectivity index (χ1n) is 11.0. The van der Waals surface area contributed by atoms with Crippen molar-refractivity contribution in [3.05, 3.63) is 116 Å². The van der Waals surface area contributed by atoms with E-state index in [2.05, 4.69) is 44.2 Å². The molecule has 1 saturated carbocycles. The predicted molar refractivity (Wildman–Crippen MR) is 127 cm³/mol. The molecule has 1 aliphatic rings. The van der Waals surface area contributed by atoms with Gasteiger partial charge in [0.25, 0.3) is 5.56 Å². The average molecular weight is 457 g/mol. The van der Waals surface area contributed by atoms with Crippen LogP contribution in [0, 0.1) is 0 Å². The van der Waals surface area contributed by atoms with E-state index in [0.717, 1.165) is 16.8 Å². The van der Waals surface area contributed by atoms with Crippen LogP contribution in [-0.2, 0) is 0 Å². The molecule has 172 valence electrons. The van der Waals surface area contributed by atoms with Gasteiger partial charge in [-0.05, 0) is 11.1 Å². The van der Waals surface area contributed by atoms with E-state index in [0.29, 0.717) is 11.6 Å². The Morgan fingerprint density at radius 1 is 0.706 bits per heavy atom. The molecular weight excluding hydrogens is 432 g/mol. The summed E-state index contributed by atoms with van der Waals surface area (Å²) in [6.45, 7) is 0. The molecule has 1 aliphatic carbocycles. The fourth-order valence-corrected chi connectivity index (χ4v) is 5.14. The number of nitrogens with one attached hydrogen (secondary N) is 2. The van der Waals surface area contributed by atoms with Gasteiger partial charge in [-0.3, -0.25) is 9.78 Å². The van der Waals surface area contributed by atoms with E-state index in [-0.39, 0.29) is 29.7 Å². The van der Waals surface area contributed by atoms with Gasteiger partial charge in [0.05, 0.1) is 19.9 Å². The summed E-state index contributed by atoms with van der Waals surface area (Å²) >= 11 is 0. The number of rotatable bonds is 6. The van der Waals surface area contributed by atoms with Crippen LogP contribution in [0.5, 0.6) is 11.9 Å². The van der Waals surface area contributed by atoms with Gasteiger partial charge in [-0.25, -0.2) is 4.79 Å². The van der Waals surface area contributed by atoms with Crippen LogP contribution in [-0.4, -0.2) is 34.2 Å². The molecular formula is C26H24N4O4. The maximum Gasteiger partial charge on any atom is 0.325 e. The first kappa shape index (κ1) is 21.6. The second-order valence-corrected chi connectivity index (χ2v) is 8.29. The van der Waals surface area contributed by atoms with Crippen molar-refractivity contribution in [1.82, 2.24) is 19.9 Å². The number of nitrogens with zero attached hydrogens (tertiary/aromatic N) is 2. The Morgan fingerprint density at radius 3 is 1.85 bits per heavy atom. The van der Waals surface area contributed by atoms with Crippen molar-refractivity contribution in [2.75, 3.05) is 14.2 Å². The molecule has 2 aromatic carbocycles. The van der Waals surface area contributed by atoms with E-state index in [1.54, 1.807) is 7.11 Å². The highest BCUT2D eigenvalue weighted by molar-refractivity contribution is 5.46. The Morgan fingerprint density at radius 2 is 1.32 bits per heavy atom. The third-order valence-corrected chi connectivity index (χ3v) is 6.49. The maximum atomic E-state index is 12.2. The summed E-state index contributed by atoms with van der Waals surface area (Å²) in [4.78, 5) is 38.5. The molecule has 0 aliphatic heterocycles. The van der Waals surface area contributed by atoms with Crippen LogP contribution in [0.25, 0.3) is 0 Å². The fraction of sp³-hybridized carbons (Fsp3) is 0.231. The summed E-state index contributed by atoms with van der Waals surface area (Å²) in [6.07, 6.45) is 0. The third kappa shape index (κ3) is 3.87. The Hall–Kier alpha value is -4.20. The van der Waals surface area contributed by atoms with Crippen molar-refractivity contribution in [3.8, 4) is 11.9 Å². The van der Waals surface area contributed by atoms with Gasteiger partial charge in [-0.2, -0.15) is 9.97 Å². The Kier molecular flexibility index (Phi) is 5.71. The van der Waals surface area contributed by atoms with E-state index in [4.69, 9.17) is 9.47 Å². The molecule has 2 N–H and O–H groups in total. The van der Waals surface area contributed by atoms with E-state index >= 15 is 0 Å². The zero-order chi connectivity index (χ0) is 23.7. The molecule has 0 saturated heterocycles. The fourth-order valence-electron chi connectivity index (χ4n) is 5.14. The van der Waals surface area contributed by atoms with E-state index in [1.807, 2.05) is 42.5 Å². The van der Waals surface area contributed by atoms with Gasteiger partial charge in [0.1, 0.15) is 0 Å². The summed E-state index contributed by atoms with van der Waals surface area (Å²) in [5.41, 5.74) is 2.60. The minimum absolute atomic E-state index is 0.0619. The molecule has 2 unspecified atom stereocenters. The van der Waals surface area contributed by atoms with Crippen molar-refractivity contribution in [3.63, 3.8) is 0 Å². The highest BCUT2D eigenvalue weighted by Crippen LogP contribution is 2.65. The van der Waals surface area contributed by atoms with Gasteiger partial charge in [-0.15, -0.1) is 0 Å².